The topological polar surface area (TPSA) is 29.9 Å². The van der Waals surface area contributed by atoms with Crippen molar-refractivity contribution in [3.8, 4) is 0 Å². The number of fused-ring (bicyclic) bond motifs is 1. The number of aryl methyl sites for hydroxylation is 2. The molecule has 2 aromatic heterocycles. The molecule has 0 radical (unpaired) electrons. The molecule has 2 aromatic rings. The summed E-state index contributed by atoms with van der Waals surface area (Å²) in [6.45, 7) is 5.25. The van der Waals surface area contributed by atoms with Gasteiger partial charge in [0, 0.05) is 17.6 Å². The maximum atomic E-state index is 4.50. The Kier molecular flexibility index (Phi) is 2.24. The van der Waals surface area contributed by atoms with Crippen molar-refractivity contribution in [1.29, 1.82) is 0 Å². The van der Waals surface area contributed by atoms with Crippen LogP contribution < -0.4 is 5.32 Å². The smallest absolute Gasteiger partial charge is 0.203 e. The van der Waals surface area contributed by atoms with Crippen molar-refractivity contribution in [2.24, 2.45) is 0 Å². The van der Waals surface area contributed by atoms with Crippen LogP contribution in [0.5, 0.6) is 0 Å². The van der Waals surface area contributed by atoms with Gasteiger partial charge in [-0.05, 0) is 37.3 Å². The van der Waals surface area contributed by atoms with Crippen LogP contribution in [-0.4, -0.2) is 16.1 Å². The molecule has 1 atom stereocenters. The molecule has 16 heavy (non-hydrogen) atoms. The molecule has 0 saturated carbocycles. The summed E-state index contributed by atoms with van der Waals surface area (Å²) in [4.78, 5) is 5.97. The maximum absolute atomic E-state index is 4.50. The molecule has 1 aliphatic heterocycles. The number of hydrogen-bond acceptors (Lipinski definition) is 3. The van der Waals surface area contributed by atoms with Crippen LogP contribution in [0.3, 0.4) is 0 Å². The fourth-order valence-electron chi connectivity index (χ4n) is 2.33. The molecule has 0 saturated heterocycles. The van der Waals surface area contributed by atoms with Gasteiger partial charge in [0.25, 0.3) is 0 Å². The molecule has 1 N–H and O–H groups in total. The average Bonchev–Trinajstić information content (AvgIpc) is 2.82. The molecule has 84 valence electrons. The minimum absolute atomic E-state index is 0.470. The Bertz CT molecular complexity index is 512. The number of nitrogens with one attached hydrogen (secondary N) is 1. The average molecular weight is 233 g/mol. The summed E-state index contributed by atoms with van der Waals surface area (Å²) in [5.74, 6) is 1.02. The second-order valence-electron chi connectivity index (χ2n) is 4.31. The summed E-state index contributed by atoms with van der Waals surface area (Å²) in [6, 6.07) is 2.67. The molecule has 0 bridgehead atoms. The molecule has 4 heteroatoms. The van der Waals surface area contributed by atoms with Crippen molar-refractivity contribution in [2.45, 2.75) is 26.3 Å². The number of aromatic nitrogens is 2. The standard InChI is InChI=1S/C12H15N3S/c1-8-4-6-16-11(8)10-3-5-13-12-14-9(2)7-15(10)12/h4,6-7,10H,3,5H2,1-2H3,(H,13,14). The lowest BCUT2D eigenvalue weighted by molar-refractivity contribution is 0.536. The lowest BCUT2D eigenvalue weighted by Crippen LogP contribution is -2.23. The molecule has 1 unspecified atom stereocenters. The SMILES string of the molecule is Cc1cn2c(n1)NCCC2c1sccc1C. The minimum atomic E-state index is 0.470. The van der Waals surface area contributed by atoms with Gasteiger partial charge in [-0.25, -0.2) is 4.98 Å². The van der Waals surface area contributed by atoms with Crippen molar-refractivity contribution < 1.29 is 0 Å². The van der Waals surface area contributed by atoms with E-state index in [2.05, 4.69) is 39.4 Å². The van der Waals surface area contributed by atoms with Gasteiger partial charge in [0.05, 0.1) is 11.7 Å². The third-order valence-corrected chi connectivity index (χ3v) is 4.21. The predicted molar refractivity (Wildman–Crippen MR) is 67.3 cm³/mol. The van der Waals surface area contributed by atoms with E-state index >= 15 is 0 Å². The Morgan fingerprint density at radius 1 is 1.50 bits per heavy atom. The number of anilines is 1. The number of nitrogens with zero attached hydrogens (tertiary/aromatic N) is 2. The van der Waals surface area contributed by atoms with Crippen molar-refractivity contribution in [3.63, 3.8) is 0 Å². The fraction of sp³-hybridized carbons (Fsp3) is 0.417. The lowest BCUT2D eigenvalue weighted by Gasteiger charge is -2.25. The molecule has 3 heterocycles. The largest absolute Gasteiger partial charge is 0.356 e. The zero-order valence-electron chi connectivity index (χ0n) is 9.53. The van der Waals surface area contributed by atoms with Crippen LogP contribution in [0.15, 0.2) is 17.6 Å². The third kappa shape index (κ3) is 1.45. The van der Waals surface area contributed by atoms with Gasteiger partial charge in [-0.3, -0.25) is 0 Å². The van der Waals surface area contributed by atoms with Crippen LogP contribution in [-0.2, 0) is 0 Å². The van der Waals surface area contributed by atoms with E-state index in [-0.39, 0.29) is 0 Å². The molecule has 0 spiro atoms. The monoisotopic (exact) mass is 233 g/mol. The highest BCUT2D eigenvalue weighted by atomic mass is 32.1. The van der Waals surface area contributed by atoms with Gasteiger partial charge < -0.3 is 9.88 Å². The minimum Gasteiger partial charge on any atom is -0.356 e. The molecule has 3 nitrogen and oxygen atoms in total. The molecule has 0 aliphatic carbocycles. The second kappa shape index (κ2) is 3.63. The first-order valence-corrected chi connectivity index (χ1v) is 6.47. The van der Waals surface area contributed by atoms with Gasteiger partial charge in [0.1, 0.15) is 0 Å². The fourth-order valence-corrected chi connectivity index (χ4v) is 3.39. The van der Waals surface area contributed by atoms with Crippen LogP contribution in [0.2, 0.25) is 0 Å². The van der Waals surface area contributed by atoms with E-state index in [9.17, 15) is 0 Å². The second-order valence-corrected chi connectivity index (χ2v) is 5.26. The predicted octanol–water partition coefficient (Wildman–Crippen LogP) is 2.97. The van der Waals surface area contributed by atoms with Crippen LogP contribution >= 0.6 is 11.3 Å². The number of imidazole rings is 1. The maximum Gasteiger partial charge on any atom is 0.203 e. The normalized spacial score (nSPS) is 19.2. The molecular weight excluding hydrogens is 218 g/mol. The van der Waals surface area contributed by atoms with Crippen molar-refractivity contribution in [2.75, 3.05) is 11.9 Å². The molecular formula is C12H15N3S. The quantitative estimate of drug-likeness (QED) is 0.820. The van der Waals surface area contributed by atoms with Crippen LogP contribution in [0, 0.1) is 13.8 Å². The molecule has 1 aliphatic rings. The zero-order chi connectivity index (χ0) is 11.1. The van der Waals surface area contributed by atoms with Crippen molar-refractivity contribution >= 4 is 17.3 Å². The van der Waals surface area contributed by atoms with Gasteiger partial charge in [-0.2, -0.15) is 0 Å². The summed E-state index contributed by atoms with van der Waals surface area (Å²) >= 11 is 1.85. The molecule has 0 amide bonds. The highest BCUT2D eigenvalue weighted by molar-refractivity contribution is 7.10. The third-order valence-electron chi connectivity index (χ3n) is 3.09. The number of thiophene rings is 1. The first kappa shape index (κ1) is 9.90. The van der Waals surface area contributed by atoms with Crippen LogP contribution in [0.4, 0.5) is 5.95 Å². The Hall–Kier alpha value is -1.29. The van der Waals surface area contributed by atoms with Gasteiger partial charge in [-0.1, -0.05) is 0 Å². The first-order chi connectivity index (χ1) is 7.75. The van der Waals surface area contributed by atoms with Gasteiger partial charge >= 0.3 is 0 Å². The first-order valence-electron chi connectivity index (χ1n) is 5.59. The summed E-state index contributed by atoms with van der Waals surface area (Å²) in [6.07, 6.45) is 3.29. The Balaban J connectivity index is 2.08. The van der Waals surface area contributed by atoms with Gasteiger partial charge in [0.2, 0.25) is 5.95 Å². The van der Waals surface area contributed by atoms with Crippen molar-refractivity contribution in [1.82, 2.24) is 9.55 Å². The highest BCUT2D eigenvalue weighted by Crippen LogP contribution is 2.34. The molecule has 0 fully saturated rings. The van der Waals surface area contributed by atoms with E-state index in [4.69, 9.17) is 0 Å². The van der Waals surface area contributed by atoms with E-state index in [0.29, 0.717) is 6.04 Å². The van der Waals surface area contributed by atoms with E-state index in [0.717, 1.165) is 24.6 Å². The van der Waals surface area contributed by atoms with E-state index in [1.54, 1.807) is 0 Å². The van der Waals surface area contributed by atoms with E-state index in [1.165, 1.54) is 10.4 Å². The Labute approximate surface area is 99.1 Å². The summed E-state index contributed by atoms with van der Waals surface area (Å²) in [7, 11) is 0. The van der Waals surface area contributed by atoms with E-state index in [1.807, 2.05) is 18.3 Å². The van der Waals surface area contributed by atoms with Crippen LogP contribution in [0.1, 0.15) is 28.6 Å². The summed E-state index contributed by atoms with van der Waals surface area (Å²) in [5.41, 5.74) is 2.48. The lowest BCUT2D eigenvalue weighted by atomic mass is 10.1. The molecule has 3 rings (SSSR count). The number of rotatable bonds is 1. The Morgan fingerprint density at radius 3 is 3.12 bits per heavy atom. The van der Waals surface area contributed by atoms with Gasteiger partial charge in [0.15, 0.2) is 0 Å². The van der Waals surface area contributed by atoms with Crippen LogP contribution in [0.25, 0.3) is 0 Å². The molecule has 0 aromatic carbocycles. The summed E-state index contributed by atoms with van der Waals surface area (Å²) < 4.78 is 2.28. The summed E-state index contributed by atoms with van der Waals surface area (Å²) in [5, 5.41) is 5.53. The van der Waals surface area contributed by atoms with Crippen molar-refractivity contribution in [3.05, 3.63) is 33.8 Å². The van der Waals surface area contributed by atoms with E-state index < -0.39 is 0 Å². The van der Waals surface area contributed by atoms with Gasteiger partial charge in [-0.15, -0.1) is 11.3 Å². The Morgan fingerprint density at radius 2 is 2.38 bits per heavy atom. The zero-order valence-corrected chi connectivity index (χ0v) is 10.3. The number of hydrogen-bond donors (Lipinski definition) is 1. The highest BCUT2D eigenvalue weighted by Gasteiger charge is 2.23.